The van der Waals surface area contributed by atoms with Crippen LogP contribution in [0.2, 0.25) is 0 Å². The Hall–Kier alpha value is -1.92. The number of hydrogen-bond donors (Lipinski definition) is 1. The molecule has 1 atom stereocenters. The number of hydrogen-bond acceptors (Lipinski definition) is 4. The molecule has 138 valence electrons. The van der Waals surface area contributed by atoms with Gasteiger partial charge in [-0.15, -0.1) is 0 Å². The molecule has 1 amide bonds. The van der Waals surface area contributed by atoms with Crippen LogP contribution < -0.4 is 0 Å². The molecule has 1 N–H and O–H groups in total. The number of benzene rings is 1. The summed E-state index contributed by atoms with van der Waals surface area (Å²) in [6.07, 6.45) is 1.79. The van der Waals surface area contributed by atoms with Crippen LogP contribution in [0.15, 0.2) is 30.3 Å². The minimum absolute atomic E-state index is 0.0684. The van der Waals surface area contributed by atoms with Gasteiger partial charge in [-0.05, 0) is 32.4 Å². The summed E-state index contributed by atoms with van der Waals surface area (Å²) in [5.41, 5.74) is 1.12. The number of piperidine rings is 1. The average Bonchev–Trinajstić information content (AvgIpc) is 2.60. The predicted molar refractivity (Wildman–Crippen MR) is 97.2 cm³/mol. The number of carboxylic acid groups (broad SMARTS) is 1. The second kappa shape index (κ2) is 8.97. The van der Waals surface area contributed by atoms with E-state index in [-0.39, 0.29) is 24.5 Å². The van der Waals surface area contributed by atoms with Crippen LogP contribution >= 0.6 is 0 Å². The number of amides is 1. The predicted octanol–water partition coefficient (Wildman–Crippen LogP) is 1.51. The van der Waals surface area contributed by atoms with E-state index < -0.39 is 5.97 Å². The Morgan fingerprint density at radius 1 is 1.20 bits per heavy atom. The third kappa shape index (κ3) is 5.54. The van der Waals surface area contributed by atoms with Crippen molar-refractivity contribution in [2.45, 2.75) is 38.4 Å². The average molecular weight is 347 g/mol. The van der Waals surface area contributed by atoms with E-state index in [0.717, 1.165) is 31.5 Å². The Kier molecular flexibility index (Phi) is 6.96. The molecule has 1 aromatic carbocycles. The molecule has 6 heteroatoms. The lowest BCUT2D eigenvalue weighted by atomic mass is 10.0. The smallest absolute Gasteiger partial charge is 0.317 e. The summed E-state index contributed by atoms with van der Waals surface area (Å²) in [5.74, 6) is -0.669. The molecule has 1 aromatic rings. The van der Waals surface area contributed by atoms with Crippen molar-refractivity contribution in [2.24, 2.45) is 0 Å². The number of nitrogens with zero attached hydrogens (tertiary/aromatic N) is 3. The third-order valence-electron chi connectivity index (χ3n) is 5.05. The van der Waals surface area contributed by atoms with Gasteiger partial charge in [-0.2, -0.15) is 0 Å². The van der Waals surface area contributed by atoms with Gasteiger partial charge in [0.1, 0.15) is 0 Å². The third-order valence-corrected chi connectivity index (χ3v) is 5.05. The molecule has 25 heavy (non-hydrogen) atoms. The van der Waals surface area contributed by atoms with Gasteiger partial charge in [0.15, 0.2) is 0 Å². The van der Waals surface area contributed by atoms with Gasteiger partial charge in [-0.25, -0.2) is 0 Å². The second-order valence-corrected chi connectivity index (χ2v) is 6.93. The fourth-order valence-electron chi connectivity index (χ4n) is 3.47. The molecule has 1 unspecified atom stereocenters. The van der Waals surface area contributed by atoms with E-state index in [0.29, 0.717) is 6.54 Å². The monoisotopic (exact) mass is 347 g/mol. The topological polar surface area (TPSA) is 64.1 Å². The van der Waals surface area contributed by atoms with Crippen molar-refractivity contribution in [3.8, 4) is 0 Å². The molecular weight excluding hydrogens is 318 g/mol. The quantitative estimate of drug-likeness (QED) is 0.810. The molecule has 0 aromatic heterocycles. The highest BCUT2D eigenvalue weighted by atomic mass is 16.4. The first kappa shape index (κ1) is 19.4. The summed E-state index contributed by atoms with van der Waals surface area (Å²) in [6.45, 7) is 4.29. The van der Waals surface area contributed by atoms with Crippen molar-refractivity contribution in [1.82, 2.24) is 14.7 Å². The number of carboxylic acids is 1. The van der Waals surface area contributed by atoms with Crippen LogP contribution in [0.25, 0.3) is 0 Å². The highest BCUT2D eigenvalue weighted by molar-refractivity contribution is 5.81. The zero-order valence-corrected chi connectivity index (χ0v) is 15.4. The number of carbonyl (C=O) groups excluding carboxylic acids is 1. The maximum Gasteiger partial charge on any atom is 0.317 e. The zero-order valence-electron chi connectivity index (χ0n) is 15.4. The Balaban J connectivity index is 1.83. The van der Waals surface area contributed by atoms with Crippen molar-refractivity contribution < 1.29 is 14.7 Å². The highest BCUT2D eigenvalue weighted by Gasteiger charge is 2.30. The summed E-state index contributed by atoms with van der Waals surface area (Å²) < 4.78 is 0. The molecule has 0 saturated carbocycles. The van der Waals surface area contributed by atoms with Crippen molar-refractivity contribution in [3.63, 3.8) is 0 Å². The SMILES string of the molecule is CC(C(=O)N(C)Cc1ccccc1)N1CCC(N(C)CC(=O)O)CC1. The van der Waals surface area contributed by atoms with Crippen molar-refractivity contribution in [1.29, 1.82) is 0 Å². The van der Waals surface area contributed by atoms with E-state index in [4.69, 9.17) is 5.11 Å². The van der Waals surface area contributed by atoms with E-state index >= 15 is 0 Å². The lowest BCUT2D eigenvalue weighted by molar-refractivity contribution is -0.138. The number of rotatable bonds is 7. The Morgan fingerprint density at radius 2 is 1.80 bits per heavy atom. The van der Waals surface area contributed by atoms with Crippen molar-refractivity contribution in [2.75, 3.05) is 33.7 Å². The molecule has 0 bridgehead atoms. The molecule has 0 spiro atoms. The first-order chi connectivity index (χ1) is 11.9. The summed E-state index contributed by atoms with van der Waals surface area (Å²) in [5, 5.41) is 8.91. The van der Waals surface area contributed by atoms with Crippen LogP contribution in [-0.4, -0.2) is 77.5 Å². The van der Waals surface area contributed by atoms with E-state index in [1.807, 2.05) is 56.3 Å². The van der Waals surface area contributed by atoms with E-state index in [1.165, 1.54) is 0 Å². The molecule has 1 saturated heterocycles. The van der Waals surface area contributed by atoms with Crippen LogP contribution in [0.4, 0.5) is 0 Å². The Labute approximate surface area is 150 Å². The van der Waals surface area contributed by atoms with Gasteiger partial charge < -0.3 is 10.0 Å². The lowest BCUT2D eigenvalue weighted by Crippen LogP contribution is -2.51. The van der Waals surface area contributed by atoms with Gasteiger partial charge in [-0.3, -0.25) is 19.4 Å². The lowest BCUT2D eigenvalue weighted by Gasteiger charge is -2.39. The van der Waals surface area contributed by atoms with E-state index in [1.54, 1.807) is 4.90 Å². The standard InChI is InChI=1S/C19H29N3O3/c1-15(19(25)21(3)13-16-7-5-4-6-8-16)22-11-9-17(10-12-22)20(2)14-18(23)24/h4-8,15,17H,9-14H2,1-3H3,(H,23,24). The first-order valence-electron chi connectivity index (χ1n) is 8.83. The number of likely N-dealkylation sites (N-methyl/N-ethyl adjacent to an activating group) is 2. The van der Waals surface area contributed by atoms with Gasteiger partial charge in [0.05, 0.1) is 12.6 Å². The molecule has 1 aliphatic heterocycles. The second-order valence-electron chi connectivity index (χ2n) is 6.93. The van der Waals surface area contributed by atoms with Gasteiger partial charge in [0, 0.05) is 32.7 Å². The fourth-order valence-corrected chi connectivity index (χ4v) is 3.47. The number of aliphatic carboxylic acids is 1. The van der Waals surface area contributed by atoms with Crippen LogP contribution in [0, 0.1) is 0 Å². The van der Waals surface area contributed by atoms with Gasteiger partial charge in [-0.1, -0.05) is 30.3 Å². The van der Waals surface area contributed by atoms with Crippen molar-refractivity contribution >= 4 is 11.9 Å². The van der Waals surface area contributed by atoms with E-state index in [2.05, 4.69) is 4.90 Å². The van der Waals surface area contributed by atoms with Crippen molar-refractivity contribution in [3.05, 3.63) is 35.9 Å². The molecule has 1 fully saturated rings. The van der Waals surface area contributed by atoms with Gasteiger partial charge >= 0.3 is 5.97 Å². The molecule has 1 aliphatic rings. The number of carbonyl (C=O) groups is 2. The minimum Gasteiger partial charge on any atom is -0.480 e. The molecule has 2 rings (SSSR count). The highest BCUT2D eigenvalue weighted by Crippen LogP contribution is 2.18. The van der Waals surface area contributed by atoms with Crippen LogP contribution in [0.3, 0.4) is 0 Å². The normalized spacial score (nSPS) is 17.4. The molecule has 0 radical (unpaired) electrons. The van der Waals surface area contributed by atoms with Gasteiger partial charge in [0.2, 0.25) is 5.91 Å². The first-order valence-corrected chi connectivity index (χ1v) is 8.83. The number of likely N-dealkylation sites (tertiary alicyclic amines) is 1. The summed E-state index contributed by atoms with van der Waals surface area (Å²) >= 11 is 0. The largest absolute Gasteiger partial charge is 0.480 e. The summed E-state index contributed by atoms with van der Waals surface area (Å²) in [4.78, 5) is 29.4. The summed E-state index contributed by atoms with van der Waals surface area (Å²) in [6, 6.07) is 10.1. The molecule has 1 heterocycles. The fraction of sp³-hybridized carbons (Fsp3) is 0.579. The Morgan fingerprint density at radius 3 is 2.36 bits per heavy atom. The maximum absolute atomic E-state index is 12.7. The minimum atomic E-state index is -0.795. The van der Waals surface area contributed by atoms with Crippen LogP contribution in [0.1, 0.15) is 25.3 Å². The van der Waals surface area contributed by atoms with E-state index in [9.17, 15) is 9.59 Å². The van der Waals surface area contributed by atoms with Crippen LogP contribution in [0.5, 0.6) is 0 Å². The molecule has 6 nitrogen and oxygen atoms in total. The Bertz CT molecular complexity index is 571. The van der Waals surface area contributed by atoms with Crippen LogP contribution in [-0.2, 0) is 16.1 Å². The maximum atomic E-state index is 12.7. The zero-order chi connectivity index (χ0) is 18.4. The summed E-state index contributed by atoms with van der Waals surface area (Å²) in [7, 11) is 3.70. The molecular formula is C19H29N3O3. The molecule has 0 aliphatic carbocycles. The van der Waals surface area contributed by atoms with Gasteiger partial charge in [0.25, 0.3) is 0 Å².